The third kappa shape index (κ3) is 2.73. The number of aromatic nitrogens is 2. The second-order valence-corrected chi connectivity index (χ2v) is 7.13. The summed E-state index contributed by atoms with van der Waals surface area (Å²) in [7, 11) is 1.50. The van der Waals surface area contributed by atoms with E-state index in [1.54, 1.807) is 6.92 Å². The smallest absolute Gasteiger partial charge is 0.252 e. The van der Waals surface area contributed by atoms with Crippen LogP contribution in [0.15, 0.2) is 30.6 Å². The van der Waals surface area contributed by atoms with E-state index in [4.69, 9.17) is 16.3 Å². The van der Waals surface area contributed by atoms with E-state index in [0.717, 1.165) is 0 Å². The first-order valence-corrected chi connectivity index (χ1v) is 8.81. The Morgan fingerprint density at radius 2 is 2.14 bits per heavy atom. The van der Waals surface area contributed by atoms with Gasteiger partial charge in [0.25, 0.3) is 5.91 Å². The van der Waals surface area contributed by atoms with Gasteiger partial charge in [-0.2, -0.15) is 0 Å². The zero-order valence-corrected chi connectivity index (χ0v) is 15.8. The molecule has 7 nitrogen and oxygen atoms in total. The summed E-state index contributed by atoms with van der Waals surface area (Å²) < 4.78 is 19.0. The number of anilines is 2. The zero-order chi connectivity index (χ0) is 20.1. The van der Waals surface area contributed by atoms with Crippen molar-refractivity contribution in [2.45, 2.75) is 12.5 Å². The fourth-order valence-electron chi connectivity index (χ4n) is 3.31. The molecule has 4 rings (SSSR count). The molecule has 2 aromatic heterocycles. The number of halogens is 2. The number of carbonyl (C=O) groups is 2. The number of pyridine rings is 1. The van der Waals surface area contributed by atoms with Crippen LogP contribution in [-0.2, 0) is 9.53 Å². The lowest BCUT2D eigenvalue weighted by molar-refractivity contribution is -0.121. The number of fused-ring (bicyclic) bond motifs is 3. The van der Waals surface area contributed by atoms with Crippen molar-refractivity contribution in [2.75, 3.05) is 24.4 Å². The van der Waals surface area contributed by atoms with E-state index >= 15 is 0 Å². The number of nitrogens with zero attached hydrogens (tertiary/aromatic N) is 1. The summed E-state index contributed by atoms with van der Waals surface area (Å²) in [5.74, 6) is -1.41. The molecule has 1 aromatic carbocycles. The van der Waals surface area contributed by atoms with Crippen molar-refractivity contribution >= 4 is 45.7 Å². The molecule has 0 bridgehead atoms. The van der Waals surface area contributed by atoms with E-state index in [1.807, 2.05) is 0 Å². The van der Waals surface area contributed by atoms with Crippen molar-refractivity contribution in [3.05, 3.63) is 52.6 Å². The predicted molar refractivity (Wildman–Crippen MR) is 103 cm³/mol. The van der Waals surface area contributed by atoms with Crippen LogP contribution >= 0.6 is 11.6 Å². The summed E-state index contributed by atoms with van der Waals surface area (Å²) in [6.45, 7) is 1.81. The van der Waals surface area contributed by atoms with E-state index < -0.39 is 17.1 Å². The minimum atomic E-state index is -1.04. The molecule has 3 heterocycles. The third-order valence-corrected chi connectivity index (χ3v) is 5.11. The van der Waals surface area contributed by atoms with Gasteiger partial charge in [-0.25, -0.2) is 9.37 Å². The average Bonchev–Trinajstić information content (AvgIpc) is 3.09. The lowest BCUT2D eigenvalue weighted by Crippen LogP contribution is -2.53. The Balaban J connectivity index is 1.89. The Bertz CT molecular complexity index is 1130. The van der Waals surface area contributed by atoms with Crippen molar-refractivity contribution in [1.29, 1.82) is 0 Å². The Morgan fingerprint density at radius 1 is 1.36 bits per heavy atom. The molecule has 1 atom stereocenters. The molecule has 3 aromatic rings. The van der Waals surface area contributed by atoms with Crippen LogP contribution in [0.2, 0.25) is 5.02 Å². The van der Waals surface area contributed by atoms with E-state index in [-0.39, 0.29) is 28.7 Å². The predicted octanol–water partition coefficient (Wildman–Crippen LogP) is 3.36. The number of amides is 1. The second-order valence-electron chi connectivity index (χ2n) is 6.75. The lowest BCUT2D eigenvalue weighted by atomic mass is 9.96. The van der Waals surface area contributed by atoms with Gasteiger partial charge in [0, 0.05) is 18.9 Å². The minimum Gasteiger partial charge on any atom is -0.382 e. The molecule has 9 heteroatoms. The molecule has 0 radical (unpaired) electrons. The van der Waals surface area contributed by atoms with Crippen LogP contribution < -0.4 is 10.6 Å². The van der Waals surface area contributed by atoms with E-state index in [0.29, 0.717) is 22.4 Å². The lowest BCUT2D eigenvalue weighted by Gasteiger charge is -2.35. The maximum atomic E-state index is 13.8. The molecule has 0 spiro atoms. The van der Waals surface area contributed by atoms with Crippen LogP contribution in [0.1, 0.15) is 22.8 Å². The number of benzene rings is 1. The van der Waals surface area contributed by atoms with Gasteiger partial charge in [0.1, 0.15) is 17.0 Å². The number of carbonyl (C=O) groups excluding carboxylic acids is 2. The molecule has 3 N–H and O–H groups in total. The molecule has 0 aliphatic carbocycles. The normalized spacial score (nSPS) is 18.5. The fourth-order valence-corrected chi connectivity index (χ4v) is 3.52. The SMILES string of the molecule is COC[C@]1(C)Nc2c(cnc3[nH]cc(C(=O)c4cccc(F)c4Cl)c23)NC1=O. The molecular formula is C19H16ClFN4O3. The summed E-state index contributed by atoms with van der Waals surface area (Å²) >= 11 is 5.99. The third-order valence-electron chi connectivity index (χ3n) is 4.73. The van der Waals surface area contributed by atoms with Gasteiger partial charge < -0.3 is 20.4 Å². The van der Waals surface area contributed by atoms with Gasteiger partial charge in [-0.1, -0.05) is 17.7 Å². The maximum Gasteiger partial charge on any atom is 0.252 e. The molecule has 1 amide bonds. The number of aromatic amines is 1. The Labute approximate surface area is 164 Å². The van der Waals surface area contributed by atoms with Crippen LogP contribution in [-0.4, -0.2) is 40.9 Å². The van der Waals surface area contributed by atoms with E-state index in [1.165, 1.54) is 37.7 Å². The topological polar surface area (TPSA) is 96.1 Å². The minimum absolute atomic E-state index is 0.0414. The maximum absolute atomic E-state index is 13.8. The standard InChI is InChI=1S/C19H16ClFN4O3/c1-19(8-28-2)18(27)24-12-7-23-17-13(15(12)25-19)10(6-22-17)16(26)9-4-3-5-11(21)14(9)20/h3-7,25H,8H2,1-2H3,(H,22,23)(H,24,27)/t19-/m0/s1. The van der Waals surface area contributed by atoms with Gasteiger partial charge in [0.2, 0.25) is 0 Å². The van der Waals surface area contributed by atoms with Crippen LogP contribution in [0, 0.1) is 5.82 Å². The number of rotatable bonds is 4. The highest BCUT2D eigenvalue weighted by molar-refractivity contribution is 6.36. The van der Waals surface area contributed by atoms with Gasteiger partial charge >= 0.3 is 0 Å². The summed E-state index contributed by atoms with van der Waals surface area (Å²) in [6.07, 6.45) is 2.99. The number of ketones is 1. The van der Waals surface area contributed by atoms with Crippen LogP contribution in [0.3, 0.4) is 0 Å². The number of hydrogen-bond acceptors (Lipinski definition) is 5. The van der Waals surface area contributed by atoms with Gasteiger partial charge in [-0.3, -0.25) is 9.59 Å². The second kappa shape index (κ2) is 6.57. The molecule has 144 valence electrons. The molecule has 0 saturated heterocycles. The van der Waals surface area contributed by atoms with Gasteiger partial charge in [-0.05, 0) is 19.1 Å². The Hall–Kier alpha value is -2.97. The number of nitrogens with one attached hydrogen (secondary N) is 3. The average molecular weight is 403 g/mol. The van der Waals surface area contributed by atoms with Crippen molar-refractivity contribution in [1.82, 2.24) is 9.97 Å². The quantitative estimate of drug-likeness (QED) is 0.581. The van der Waals surface area contributed by atoms with Crippen molar-refractivity contribution in [2.24, 2.45) is 0 Å². The van der Waals surface area contributed by atoms with E-state index in [9.17, 15) is 14.0 Å². The van der Waals surface area contributed by atoms with Crippen LogP contribution in [0.5, 0.6) is 0 Å². The van der Waals surface area contributed by atoms with Crippen molar-refractivity contribution < 1.29 is 18.7 Å². The molecule has 1 aliphatic rings. The molecule has 0 saturated carbocycles. The van der Waals surface area contributed by atoms with Gasteiger partial charge in [0.15, 0.2) is 5.78 Å². The number of methoxy groups -OCH3 is 1. The Kier molecular flexibility index (Phi) is 4.32. The summed E-state index contributed by atoms with van der Waals surface area (Å²) in [6, 6.07) is 4.07. The van der Waals surface area contributed by atoms with Crippen LogP contribution in [0.25, 0.3) is 11.0 Å². The molecule has 1 aliphatic heterocycles. The molecule has 0 unspecified atom stereocenters. The largest absolute Gasteiger partial charge is 0.382 e. The molecular weight excluding hydrogens is 387 g/mol. The summed E-state index contributed by atoms with van der Waals surface area (Å²) in [5, 5.41) is 6.19. The first-order chi connectivity index (χ1) is 13.4. The zero-order valence-electron chi connectivity index (χ0n) is 15.0. The number of hydrogen-bond donors (Lipinski definition) is 3. The highest BCUT2D eigenvalue weighted by atomic mass is 35.5. The highest BCUT2D eigenvalue weighted by Crippen LogP contribution is 2.39. The first-order valence-electron chi connectivity index (χ1n) is 8.43. The van der Waals surface area contributed by atoms with Crippen molar-refractivity contribution in [3.8, 4) is 0 Å². The summed E-state index contributed by atoms with van der Waals surface area (Å²) in [5.41, 5.74) is 0.670. The molecule has 28 heavy (non-hydrogen) atoms. The molecule has 0 fully saturated rings. The summed E-state index contributed by atoms with van der Waals surface area (Å²) in [4.78, 5) is 32.7. The van der Waals surface area contributed by atoms with Gasteiger partial charge in [0.05, 0.1) is 40.2 Å². The number of ether oxygens (including phenoxy) is 1. The van der Waals surface area contributed by atoms with E-state index in [2.05, 4.69) is 20.6 Å². The van der Waals surface area contributed by atoms with Crippen LogP contribution in [0.4, 0.5) is 15.8 Å². The van der Waals surface area contributed by atoms with Crippen molar-refractivity contribution in [3.63, 3.8) is 0 Å². The highest BCUT2D eigenvalue weighted by Gasteiger charge is 2.39. The number of H-pyrrole nitrogens is 1. The van der Waals surface area contributed by atoms with Gasteiger partial charge in [-0.15, -0.1) is 0 Å². The fraction of sp³-hybridized carbons (Fsp3) is 0.211. The monoisotopic (exact) mass is 402 g/mol. The first kappa shape index (κ1) is 18.4. The Morgan fingerprint density at radius 3 is 2.89 bits per heavy atom.